The van der Waals surface area contributed by atoms with Crippen molar-refractivity contribution in [3.63, 3.8) is 0 Å². The number of carbonyl (C=O) groups excluding carboxylic acids is 2. The molecule has 0 saturated heterocycles. The minimum atomic E-state index is -0.546. The van der Waals surface area contributed by atoms with E-state index < -0.39 is 11.9 Å². The van der Waals surface area contributed by atoms with E-state index in [2.05, 4.69) is 16.0 Å². The maximum Gasteiger partial charge on any atom is 0.321 e. The van der Waals surface area contributed by atoms with Crippen LogP contribution in [0.4, 0.5) is 16.2 Å². The third-order valence-corrected chi connectivity index (χ3v) is 4.07. The minimum absolute atomic E-state index is 0.199. The zero-order valence-electron chi connectivity index (χ0n) is 15.2. The smallest absolute Gasteiger partial charge is 0.321 e. The summed E-state index contributed by atoms with van der Waals surface area (Å²) in [5.74, 6) is -0.265. The highest BCUT2D eigenvalue weighted by molar-refractivity contribution is 6.04. The molecule has 142 valence electrons. The maximum atomic E-state index is 12.2. The molecule has 0 aliphatic carbocycles. The highest BCUT2D eigenvalue weighted by Crippen LogP contribution is 2.16. The lowest BCUT2D eigenvalue weighted by atomic mass is 10.1. The molecule has 3 amide bonds. The summed E-state index contributed by atoms with van der Waals surface area (Å²) in [5, 5.41) is 17.4. The Labute approximate surface area is 163 Å². The van der Waals surface area contributed by atoms with Crippen LogP contribution < -0.4 is 16.0 Å². The summed E-state index contributed by atoms with van der Waals surface area (Å²) in [5.41, 5.74) is 3.17. The predicted molar refractivity (Wildman–Crippen MR) is 109 cm³/mol. The Morgan fingerprint density at radius 1 is 0.786 bits per heavy atom. The molecule has 3 rings (SSSR count). The second kappa shape index (κ2) is 9.23. The van der Waals surface area contributed by atoms with Gasteiger partial charge in [0.15, 0.2) is 0 Å². The maximum absolute atomic E-state index is 12.2. The fraction of sp³-hybridized carbons (Fsp3) is 0.0909. The number of phenolic OH excluding ortho intramolecular Hbond substituents is 1. The van der Waals surface area contributed by atoms with Crippen LogP contribution in [0, 0.1) is 0 Å². The number of rotatable bonds is 6. The van der Waals surface area contributed by atoms with Crippen LogP contribution in [0.3, 0.4) is 0 Å². The van der Waals surface area contributed by atoms with Gasteiger partial charge in [-0.15, -0.1) is 0 Å². The van der Waals surface area contributed by atoms with Gasteiger partial charge in [-0.25, -0.2) is 4.79 Å². The van der Waals surface area contributed by atoms with Crippen molar-refractivity contribution in [2.75, 3.05) is 11.9 Å². The van der Waals surface area contributed by atoms with E-state index in [1.54, 1.807) is 48.5 Å². The first-order chi connectivity index (χ1) is 13.6. The van der Waals surface area contributed by atoms with E-state index in [4.69, 9.17) is 0 Å². The number of benzene rings is 3. The van der Waals surface area contributed by atoms with Gasteiger partial charge in [-0.2, -0.15) is 0 Å². The summed E-state index contributed by atoms with van der Waals surface area (Å²) in [4.78, 5) is 24.1. The topological polar surface area (TPSA) is 90.5 Å². The number of anilines is 2. The normalized spacial score (nSPS) is 10.1. The molecule has 0 aliphatic heterocycles. The Morgan fingerprint density at radius 2 is 1.43 bits per heavy atom. The van der Waals surface area contributed by atoms with Gasteiger partial charge in [-0.05, 0) is 60.5 Å². The van der Waals surface area contributed by atoms with Crippen LogP contribution in [0.25, 0.3) is 0 Å². The summed E-state index contributed by atoms with van der Waals surface area (Å²) in [6.07, 6.45) is 0.599. The van der Waals surface area contributed by atoms with Crippen molar-refractivity contribution < 1.29 is 14.7 Å². The van der Waals surface area contributed by atoms with Crippen molar-refractivity contribution in [2.24, 2.45) is 0 Å². The number of hydrogen-bond donors (Lipinski definition) is 4. The van der Waals surface area contributed by atoms with Gasteiger partial charge in [0.25, 0.3) is 5.91 Å². The van der Waals surface area contributed by atoms with Crippen molar-refractivity contribution in [3.8, 4) is 5.75 Å². The first-order valence-electron chi connectivity index (χ1n) is 8.89. The predicted octanol–water partition coefficient (Wildman–Crippen LogP) is 3.82. The van der Waals surface area contributed by atoms with E-state index in [0.29, 0.717) is 18.5 Å². The monoisotopic (exact) mass is 375 g/mol. The molecular formula is C22H21N3O3. The van der Waals surface area contributed by atoms with Crippen LogP contribution in [0.2, 0.25) is 0 Å². The number of imide groups is 1. The molecule has 28 heavy (non-hydrogen) atoms. The summed E-state index contributed by atoms with van der Waals surface area (Å²) < 4.78 is 0. The third kappa shape index (κ3) is 5.60. The molecule has 0 atom stereocenters. The summed E-state index contributed by atoms with van der Waals surface area (Å²) >= 11 is 0. The molecule has 3 aromatic carbocycles. The molecular weight excluding hydrogens is 354 g/mol. The second-order valence-electron chi connectivity index (χ2n) is 6.19. The number of para-hydroxylation sites is 1. The number of phenols is 1. The zero-order chi connectivity index (χ0) is 19.8. The fourth-order valence-electron chi connectivity index (χ4n) is 2.60. The zero-order valence-corrected chi connectivity index (χ0v) is 15.2. The highest BCUT2D eigenvalue weighted by atomic mass is 16.3. The summed E-state index contributed by atoms with van der Waals surface area (Å²) in [7, 11) is 0. The lowest BCUT2D eigenvalue weighted by Gasteiger charge is -2.09. The molecule has 6 heteroatoms. The number of carbonyl (C=O) groups is 2. The largest absolute Gasteiger partial charge is 0.508 e. The van der Waals surface area contributed by atoms with Crippen molar-refractivity contribution in [2.45, 2.75) is 6.42 Å². The number of amides is 3. The Bertz CT molecular complexity index is 924. The minimum Gasteiger partial charge on any atom is -0.508 e. The number of hydrogen-bond acceptors (Lipinski definition) is 4. The van der Waals surface area contributed by atoms with Gasteiger partial charge in [-0.1, -0.05) is 30.3 Å². The first kappa shape index (κ1) is 19.0. The average Bonchev–Trinajstić information content (AvgIpc) is 2.71. The van der Waals surface area contributed by atoms with Crippen LogP contribution in [0.1, 0.15) is 15.9 Å². The lowest BCUT2D eigenvalue weighted by molar-refractivity contribution is 0.0964. The second-order valence-corrected chi connectivity index (χ2v) is 6.19. The number of nitrogens with one attached hydrogen (secondary N) is 3. The van der Waals surface area contributed by atoms with E-state index in [1.807, 2.05) is 30.3 Å². The van der Waals surface area contributed by atoms with Crippen LogP contribution in [-0.4, -0.2) is 23.6 Å². The van der Waals surface area contributed by atoms with Crippen LogP contribution >= 0.6 is 0 Å². The van der Waals surface area contributed by atoms with Gasteiger partial charge < -0.3 is 15.7 Å². The van der Waals surface area contributed by atoms with Crippen LogP contribution in [0.15, 0.2) is 78.9 Å². The molecule has 0 bridgehead atoms. The molecule has 0 heterocycles. The SMILES string of the molecule is O=C(NCCc1ccc(O)cc1)NC(=O)c1ccc(Nc2ccccc2)cc1. The Hall–Kier alpha value is -3.80. The average molecular weight is 375 g/mol. The van der Waals surface area contributed by atoms with Gasteiger partial charge in [0.1, 0.15) is 5.75 Å². The number of urea groups is 1. The Kier molecular flexibility index (Phi) is 6.25. The lowest BCUT2D eigenvalue weighted by Crippen LogP contribution is -2.40. The first-order valence-corrected chi connectivity index (χ1v) is 8.89. The van der Waals surface area contributed by atoms with Crippen molar-refractivity contribution in [1.29, 1.82) is 0 Å². The molecule has 0 spiro atoms. The fourth-order valence-corrected chi connectivity index (χ4v) is 2.60. The Balaban J connectivity index is 1.45. The quantitative estimate of drug-likeness (QED) is 0.527. The summed E-state index contributed by atoms with van der Waals surface area (Å²) in [6, 6.07) is 22.8. The highest BCUT2D eigenvalue weighted by Gasteiger charge is 2.10. The molecule has 0 radical (unpaired) electrons. The molecule has 0 saturated carbocycles. The van der Waals surface area contributed by atoms with Gasteiger partial charge in [0.2, 0.25) is 0 Å². The van der Waals surface area contributed by atoms with Crippen LogP contribution in [-0.2, 0) is 6.42 Å². The van der Waals surface area contributed by atoms with E-state index in [0.717, 1.165) is 16.9 Å². The van der Waals surface area contributed by atoms with Gasteiger partial charge in [-0.3, -0.25) is 10.1 Å². The van der Waals surface area contributed by atoms with Gasteiger partial charge >= 0.3 is 6.03 Å². The van der Waals surface area contributed by atoms with Crippen molar-refractivity contribution >= 4 is 23.3 Å². The summed E-state index contributed by atoms with van der Waals surface area (Å²) in [6.45, 7) is 0.379. The van der Waals surface area contributed by atoms with E-state index in [-0.39, 0.29) is 5.75 Å². The Morgan fingerprint density at radius 3 is 2.11 bits per heavy atom. The molecule has 3 aromatic rings. The van der Waals surface area contributed by atoms with Gasteiger partial charge in [0, 0.05) is 23.5 Å². The molecule has 0 aliphatic rings. The number of aromatic hydroxyl groups is 1. The molecule has 0 fully saturated rings. The molecule has 0 unspecified atom stereocenters. The van der Waals surface area contributed by atoms with Crippen molar-refractivity contribution in [3.05, 3.63) is 90.0 Å². The van der Waals surface area contributed by atoms with Crippen LogP contribution in [0.5, 0.6) is 5.75 Å². The molecule has 0 aromatic heterocycles. The van der Waals surface area contributed by atoms with Crippen molar-refractivity contribution in [1.82, 2.24) is 10.6 Å². The molecule has 6 nitrogen and oxygen atoms in total. The van der Waals surface area contributed by atoms with E-state index in [1.165, 1.54) is 0 Å². The standard InChI is InChI=1S/C22H21N3O3/c26-20-12-6-16(7-13-20)14-15-23-22(28)25-21(27)17-8-10-19(11-9-17)24-18-4-2-1-3-5-18/h1-13,24,26H,14-15H2,(H2,23,25,27,28). The van der Waals surface area contributed by atoms with E-state index >= 15 is 0 Å². The third-order valence-electron chi connectivity index (χ3n) is 4.07. The van der Waals surface area contributed by atoms with E-state index in [9.17, 15) is 14.7 Å². The van der Waals surface area contributed by atoms with Gasteiger partial charge in [0.05, 0.1) is 0 Å². The molecule has 4 N–H and O–H groups in total.